The van der Waals surface area contributed by atoms with Gasteiger partial charge in [0.15, 0.2) is 5.82 Å². The fraction of sp³-hybridized carbons (Fsp3) is 0.357. The lowest BCUT2D eigenvalue weighted by molar-refractivity contribution is 0.808. The number of nitrogens with one attached hydrogen (secondary N) is 1. The number of hydrogen-bond donors (Lipinski definition) is 1. The summed E-state index contributed by atoms with van der Waals surface area (Å²) in [6.45, 7) is 7.02. The zero-order valence-corrected chi connectivity index (χ0v) is 14.0. The van der Waals surface area contributed by atoms with E-state index in [0.717, 1.165) is 22.5 Å². The SMILES string of the molecule is CCNc1nc(-c2ccc(Cl)cn2)nc(C(C)C)c1Br. The average Bonchev–Trinajstić information content (AvgIpc) is 2.42. The second-order valence-electron chi connectivity index (χ2n) is 4.64. The first-order valence-corrected chi connectivity index (χ1v) is 7.63. The fourth-order valence-electron chi connectivity index (χ4n) is 1.75. The zero-order chi connectivity index (χ0) is 14.7. The normalized spacial score (nSPS) is 10.9. The molecule has 106 valence electrons. The Hall–Kier alpha value is -1.20. The van der Waals surface area contributed by atoms with Crippen LogP contribution in [-0.4, -0.2) is 21.5 Å². The van der Waals surface area contributed by atoms with E-state index in [1.54, 1.807) is 12.3 Å². The molecule has 2 aromatic rings. The van der Waals surface area contributed by atoms with Crippen molar-refractivity contribution in [1.29, 1.82) is 0 Å². The molecule has 2 rings (SSSR count). The molecule has 0 radical (unpaired) electrons. The van der Waals surface area contributed by atoms with Gasteiger partial charge in [-0.05, 0) is 40.9 Å². The maximum atomic E-state index is 5.86. The summed E-state index contributed by atoms with van der Waals surface area (Å²) >= 11 is 9.44. The second kappa shape index (κ2) is 6.50. The number of pyridine rings is 1. The van der Waals surface area contributed by atoms with Crippen molar-refractivity contribution in [2.45, 2.75) is 26.7 Å². The van der Waals surface area contributed by atoms with Gasteiger partial charge in [-0.2, -0.15) is 0 Å². The Morgan fingerprint density at radius 2 is 2.05 bits per heavy atom. The van der Waals surface area contributed by atoms with E-state index in [4.69, 9.17) is 11.6 Å². The maximum absolute atomic E-state index is 5.86. The highest BCUT2D eigenvalue weighted by Gasteiger charge is 2.16. The molecule has 20 heavy (non-hydrogen) atoms. The Morgan fingerprint density at radius 1 is 1.30 bits per heavy atom. The first-order valence-electron chi connectivity index (χ1n) is 6.46. The van der Waals surface area contributed by atoms with E-state index in [2.05, 4.69) is 50.0 Å². The molecule has 0 aliphatic carbocycles. The monoisotopic (exact) mass is 354 g/mol. The van der Waals surface area contributed by atoms with Crippen LogP contribution in [0.2, 0.25) is 5.02 Å². The average molecular weight is 356 g/mol. The van der Waals surface area contributed by atoms with E-state index in [9.17, 15) is 0 Å². The van der Waals surface area contributed by atoms with E-state index in [1.165, 1.54) is 0 Å². The minimum absolute atomic E-state index is 0.288. The third-order valence-electron chi connectivity index (χ3n) is 2.72. The van der Waals surface area contributed by atoms with Gasteiger partial charge < -0.3 is 5.32 Å². The molecule has 0 unspecified atom stereocenters. The van der Waals surface area contributed by atoms with Crippen molar-refractivity contribution in [2.24, 2.45) is 0 Å². The minimum atomic E-state index is 0.288. The Balaban J connectivity index is 2.55. The Bertz CT molecular complexity index is 599. The maximum Gasteiger partial charge on any atom is 0.180 e. The highest BCUT2D eigenvalue weighted by Crippen LogP contribution is 2.31. The van der Waals surface area contributed by atoms with Gasteiger partial charge in [0.2, 0.25) is 0 Å². The lowest BCUT2D eigenvalue weighted by Crippen LogP contribution is -2.07. The van der Waals surface area contributed by atoms with Gasteiger partial charge >= 0.3 is 0 Å². The molecule has 0 aliphatic heterocycles. The van der Waals surface area contributed by atoms with Crippen LogP contribution in [0.3, 0.4) is 0 Å². The smallest absolute Gasteiger partial charge is 0.180 e. The number of rotatable bonds is 4. The lowest BCUT2D eigenvalue weighted by Gasteiger charge is -2.14. The third-order valence-corrected chi connectivity index (χ3v) is 3.73. The number of nitrogens with zero attached hydrogens (tertiary/aromatic N) is 3. The second-order valence-corrected chi connectivity index (χ2v) is 5.87. The quantitative estimate of drug-likeness (QED) is 0.876. The van der Waals surface area contributed by atoms with Gasteiger partial charge in [-0.25, -0.2) is 9.97 Å². The summed E-state index contributed by atoms with van der Waals surface area (Å²) in [4.78, 5) is 13.4. The van der Waals surface area contributed by atoms with E-state index in [0.29, 0.717) is 16.5 Å². The van der Waals surface area contributed by atoms with Crippen molar-refractivity contribution in [3.8, 4) is 11.5 Å². The van der Waals surface area contributed by atoms with Gasteiger partial charge in [-0.3, -0.25) is 4.98 Å². The summed E-state index contributed by atoms with van der Waals surface area (Å²) in [5.41, 5.74) is 1.67. The molecule has 0 fully saturated rings. The summed E-state index contributed by atoms with van der Waals surface area (Å²) in [6.07, 6.45) is 1.60. The zero-order valence-electron chi connectivity index (χ0n) is 11.6. The molecule has 0 bridgehead atoms. The molecule has 0 amide bonds. The van der Waals surface area contributed by atoms with E-state index in [1.807, 2.05) is 13.0 Å². The van der Waals surface area contributed by atoms with Gasteiger partial charge in [0.1, 0.15) is 11.5 Å². The van der Waals surface area contributed by atoms with Crippen LogP contribution in [0, 0.1) is 0 Å². The molecule has 0 spiro atoms. The van der Waals surface area contributed by atoms with Crippen molar-refractivity contribution in [1.82, 2.24) is 15.0 Å². The summed E-state index contributed by atoms with van der Waals surface area (Å²) in [6, 6.07) is 3.61. The topological polar surface area (TPSA) is 50.7 Å². The molecule has 1 N–H and O–H groups in total. The minimum Gasteiger partial charge on any atom is -0.369 e. The van der Waals surface area contributed by atoms with Crippen LogP contribution < -0.4 is 5.32 Å². The molecule has 2 aromatic heterocycles. The predicted octanol–water partition coefficient (Wildman–Crippen LogP) is 4.51. The fourth-order valence-corrected chi connectivity index (χ4v) is 2.64. The van der Waals surface area contributed by atoms with Gasteiger partial charge in [0.05, 0.1) is 15.2 Å². The van der Waals surface area contributed by atoms with Gasteiger partial charge in [-0.1, -0.05) is 25.4 Å². The largest absolute Gasteiger partial charge is 0.369 e. The van der Waals surface area contributed by atoms with Crippen molar-refractivity contribution < 1.29 is 0 Å². The standard InChI is InChI=1S/C14H16BrClN4/c1-4-17-14-11(15)12(8(2)3)19-13(20-14)10-6-5-9(16)7-18-10/h5-8H,4H2,1-3H3,(H,17,19,20). The van der Waals surface area contributed by atoms with E-state index >= 15 is 0 Å². The van der Waals surface area contributed by atoms with Crippen LogP contribution in [0.1, 0.15) is 32.4 Å². The first kappa shape index (κ1) is 15.2. The van der Waals surface area contributed by atoms with Crippen LogP contribution in [0.15, 0.2) is 22.8 Å². The Morgan fingerprint density at radius 3 is 2.60 bits per heavy atom. The third kappa shape index (κ3) is 3.27. The first-order chi connectivity index (χ1) is 9.52. The molecule has 4 nitrogen and oxygen atoms in total. The van der Waals surface area contributed by atoms with Crippen LogP contribution in [0.5, 0.6) is 0 Å². The van der Waals surface area contributed by atoms with Crippen molar-refractivity contribution >= 4 is 33.3 Å². The molecule has 0 aromatic carbocycles. The van der Waals surface area contributed by atoms with Gasteiger partial charge in [0.25, 0.3) is 0 Å². The number of hydrogen-bond acceptors (Lipinski definition) is 4. The van der Waals surface area contributed by atoms with Crippen LogP contribution in [-0.2, 0) is 0 Å². The number of anilines is 1. The van der Waals surface area contributed by atoms with Crippen LogP contribution in [0.4, 0.5) is 5.82 Å². The Labute approximate surface area is 132 Å². The lowest BCUT2D eigenvalue weighted by atomic mass is 10.1. The summed E-state index contributed by atoms with van der Waals surface area (Å²) in [7, 11) is 0. The predicted molar refractivity (Wildman–Crippen MR) is 86.2 cm³/mol. The number of aromatic nitrogens is 3. The molecule has 0 saturated carbocycles. The van der Waals surface area contributed by atoms with Gasteiger partial charge in [-0.15, -0.1) is 0 Å². The van der Waals surface area contributed by atoms with Crippen molar-refractivity contribution in [3.63, 3.8) is 0 Å². The van der Waals surface area contributed by atoms with Crippen LogP contribution in [0.25, 0.3) is 11.5 Å². The molecule has 0 aliphatic rings. The van der Waals surface area contributed by atoms with E-state index < -0.39 is 0 Å². The number of halogens is 2. The summed E-state index contributed by atoms with van der Waals surface area (Å²) in [5.74, 6) is 1.68. The molecular formula is C14H16BrClN4. The van der Waals surface area contributed by atoms with Gasteiger partial charge in [0, 0.05) is 12.7 Å². The molecule has 0 atom stereocenters. The molecule has 0 saturated heterocycles. The highest BCUT2D eigenvalue weighted by molar-refractivity contribution is 9.10. The van der Waals surface area contributed by atoms with Crippen molar-refractivity contribution in [3.05, 3.63) is 33.5 Å². The molecular weight excluding hydrogens is 340 g/mol. The highest BCUT2D eigenvalue weighted by atomic mass is 79.9. The van der Waals surface area contributed by atoms with Crippen molar-refractivity contribution in [2.75, 3.05) is 11.9 Å². The molecule has 6 heteroatoms. The molecule has 2 heterocycles. The van der Waals surface area contributed by atoms with Crippen LogP contribution >= 0.6 is 27.5 Å². The summed E-state index contributed by atoms with van der Waals surface area (Å²) in [5, 5.41) is 3.84. The van der Waals surface area contributed by atoms with E-state index in [-0.39, 0.29) is 5.92 Å². The summed E-state index contributed by atoms with van der Waals surface area (Å²) < 4.78 is 0.909. The Kier molecular flexibility index (Phi) is 4.94.